The summed E-state index contributed by atoms with van der Waals surface area (Å²) in [4.78, 5) is 12.4. The van der Waals surface area contributed by atoms with Crippen molar-refractivity contribution in [1.29, 1.82) is 0 Å². The van der Waals surface area contributed by atoms with E-state index in [0.29, 0.717) is 16.5 Å². The number of carbonyl (C=O) groups is 1. The van der Waals surface area contributed by atoms with Crippen molar-refractivity contribution in [1.82, 2.24) is 0 Å². The van der Waals surface area contributed by atoms with Gasteiger partial charge < -0.3 is 10.1 Å². The lowest BCUT2D eigenvalue weighted by Crippen LogP contribution is -2.30. The van der Waals surface area contributed by atoms with Gasteiger partial charge in [-0.05, 0) is 75.1 Å². The number of benzene rings is 2. The van der Waals surface area contributed by atoms with Crippen LogP contribution in [-0.2, 0) is 4.79 Å². The zero-order chi connectivity index (χ0) is 17.1. The molecular formula is C19H22ClNO2. The number of halogens is 1. The van der Waals surface area contributed by atoms with Gasteiger partial charge in [-0.25, -0.2) is 0 Å². The highest BCUT2D eigenvalue weighted by Crippen LogP contribution is 2.27. The Morgan fingerprint density at radius 1 is 1.04 bits per heavy atom. The number of rotatable bonds is 4. The monoisotopic (exact) mass is 331 g/mol. The Balaban J connectivity index is 2.10. The number of amides is 1. The first-order valence-corrected chi connectivity index (χ1v) is 7.97. The Hall–Kier alpha value is -2.00. The van der Waals surface area contributed by atoms with E-state index >= 15 is 0 Å². The van der Waals surface area contributed by atoms with E-state index in [-0.39, 0.29) is 5.91 Å². The van der Waals surface area contributed by atoms with Crippen LogP contribution in [0.25, 0.3) is 0 Å². The van der Waals surface area contributed by atoms with Gasteiger partial charge in [-0.15, -0.1) is 0 Å². The van der Waals surface area contributed by atoms with Crippen LogP contribution in [0.1, 0.15) is 29.2 Å². The van der Waals surface area contributed by atoms with Crippen LogP contribution in [0.5, 0.6) is 5.75 Å². The summed E-state index contributed by atoms with van der Waals surface area (Å²) in [5.41, 5.74) is 4.95. The minimum absolute atomic E-state index is 0.225. The van der Waals surface area contributed by atoms with Crippen LogP contribution < -0.4 is 10.1 Å². The smallest absolute Gasteiger partial charge is 0.265 e. The first-order valence-electron chi connectivity index (χ1n) is 7.59. The van der Waals surface area contributed by atoms with Gasteiger partial charge in [0.1, 0.15) is 5.75 Å². The highest BCUT2D eigenvalue weighted by Gasteiger charge is 2.17. The Labute approximate surface area is 142 Å². The first-order chi connectivity index (χ1) is 10.8. The summed E-state index contributed by atoms with van der Waals surface area (Å²) < 4.78 is 5.73. The van der Waals surface area contributed by atoms with Crippen molar-refractivity contribution in [3.8, 4) is 5.75 Å². The number of hydrogen-bond donors (Lipinski definition) is 1. The minimum Gasteiger partial charge on any atom is -0.481 e. The second-order valence-corrected chi connectivity index (χ2v) is 6.34. The molecule has 2 aromatic rings. The zero-order valence-corrected chi connectivity index (χ0v) is 14.9. The molecule has 0 aromatic heterocycles. The molecule has 2 aromatic carbocycles. The molecule has 122 valence electrons. The van der Waals surface area contributed by atoms with E-state index < -0.39 is 6.10 Å². The molecule has 1 amide bonds. The maximum absolute atomic E-state index is 12.4. The summed E-state index contributed by atoms with van der Waals surface area (Å²) in [6, 6.07) is 9.60. The molecule has 4 heteroatoms. The fourth-order valence-electron chi connectivity index (χ4n) is 2.34. The van der Waals surface area contributed by atoms with Crippen LogP contribution >= 0.6 is 11.6 Å². The fourth-order valence-corrected chi connectivity index (χ4v) is 2.71. The zero-order valence-electron chi connectivity index (χ0n) is 14.2. The second kappa shape index (κ2) is 7.05. The Kier molecular flexibility index (Phi) is 5.32. The molecule has 0 saturated heterocycles. The number of hydrogen-bond acceptors (Lipinski definition) is 2. The van der Waals surface area contributed by atoms with E-state index in [1.807, 2.05) is 58.0 Å². The number of carbonyl (C=O) groups excluding carboxylic acids is 1. The maximum atomic E-state index is 12.4. The van der Waals surface area contributed by atoms with Gasteiger partial charge in [0.15, 0.2) is 6.10 Å². The molecule has 0 fully saturated rings. The molecule has 0 aliphatic heterocycles. The van der Waals surface area contributed by atoms with Crippen LogP contribution in [0.15, 0.2) is 30.3 Å². The third-order valence-corrected chi connectivity index (χ3v) is 4.14. The Morgan fingerprint density at radius 3 is 2.35 bits per heavy atom. The molecule has 1 N–H and O–H groups in total. The normalized spacial score (nSPS) is 11.9. The summed E-state index contributed by atoms with van der Waals surface area (Å²) in [5.74, 6) is 0.458. The van der Waals surface area contributed by atoms with Gasteiger partial charge in [0.25, 0.3) is 5.91 Å². The molecule has 0 aliphatic rings. The Bertz CT molecular complexity index is 717. The van der Waals surface area contributed by atoms with E-state index in [9.17, 15) is 4.79 Å². The SMILES string of the molecule is Cc1cc(C)c(NC(=O)C(C)Oc2ccc(C)c(C)c2)c(Cl)c1. The largest absolute Gasteiger partial charge is 0.481 e. The molecule has 0 bridgehead atoms. The molecule has 23 heavy (non-hydrogen) atoms. The van der Waals surface area contributed by atoms with E-state index in [0.717, 1.165) is 16.7 Å². The number of nitrogens with one attached hydrogen (secondary N) is 1. The van der Waals surface area contributed by atoms with Gasteiger partial charge in [-0.3, -0.25) is 4.79 Å². The molecule has 2 rings (SSSR count). The predicted molar refractivity (Wildman–Crippen MR) is 95.6 cm³/mol. The van der Waals surface area contributed by atoms with E-state index in [2.05, 4.69) is 5.32 Å². The number of anilines is 1. The quantitative estimate of drug-likeness (QED) is 0.858. The molecule has 0 spiro atoms. The van der Waals surface area contributed by atoms with Crippen LogP contribution in [-0.4, -0.2) is 12.0 Å². The van der Waals surface area contributed by atoms with E-state index in [1.165, 1.54) is 5.56 Å². The third kappa shape index (κ3) is 4.26. The van der Waals surface area contributed by atoms with Crippen LogP contribution in [0.3, 0.4) is 0 Å². The molecule has 0 saturated carbocycles. The van der Waals surface area contributed by atoms with Gasteiger partial charge in [0.05, 0.1) is 10.7 Å². The van der Waals surface area contributed by atoms with Crippen molar-refractivity contribution < 1.29 is 9.53 Å². The predicted octanol–water partition coefficient (Wildman–Crippen LogP) is 4.98. The summed E-state index contributed by atoms with van der Waals surface area (Å²) in [6.07, 6.45) is -0.617. The minimum atomic E-state index is -0.617. The van der Waals surface area contributed by atoms with Gasteiger partial charge in [0.2, 0.25) is 0 Å². The number of aryl methyl sites for hydroxylation is 4. The van der Waals surface area contributed by atoms with Crippen molar-refractivity contribution >= 4 is 23.2 Å². The van der Waals surface area contributed by atoms with Gasteiger partial charge in [-0.1, -0.05) is 23.7 Å². The highest BCUT2D eigenvalue weighted by molar-refractivity contribution is 6.34. The standard InChI is InChI=1S/C19H22ClNO2/c1-11-8-14(4)18(17(20)9-11)21-19(22)15(5)23-16-7-6-12(2)13(3)10-16/h6-10,15H,1-5H3,(H,21,22). The second-order valence-electron chi connectivity index (χ2n) is 5.93. The average Bonchev–Trinajstić information content (AvgIpc) is 2.46. The van der Waals surface area contributed by atoms with Gasteiger partial charge in [-0.2, -0.15) is 0 Å². The molecule has 0 heterocycles. The first kappa shape index (κ1) is 17.4. The van der Waals surface area contributed by atoms with Crippen molar-refractivity contribution in [3.05, 3.63) is 57.6 Å². The summed E-state index contributed by atoms with van der Waals surface area (Å²) >= 11 is 6.23. The fraction of sp³-hybridized carbons (Fsp3) is 0.316. The van der Waals surface area contributed by atoms with Crippen molar-refractivity contribution in [2.24, 2.45) is 0 Å². The highest BCUT2D eigenvalue weighted by atomic mass is 35.5. The molecule has 3 nitrogen and oxygen atoms in total. The van der Waals surface area contributed by atoms with E-state index in [1.54, 1.807) is 6.92 Å². The summed E-state index contributed by atoms with van der Waals surface area (Å²) in [7, 11) is 0. The van der Waals surface area contributed by atoms with Crippen LogP contribution in [0.2, 0.25) is 5.02 Å². The lowest BCUT2D eigenvalue weighted by Gasteiger charge is -2.17. The van der Waals surface area contributed by atoms with Crippen molar-refractivity contribution in [2.45, 2.75) is 40.7 Å². The maximum Gasteiger partial charge on any atom is 0.265 e. The van der Waals surface area contributed by atoms with Crippen molar-refractivity contribution in [2.75, 3.05) is 5.32 Å². The lowest BCUT2D eigenvalue weighted by molar-refractivity contribution is -0.122. The van der Waals surface area contributed by atoms with E-state index in [4.69, 9.17) is 16.3 Å². The number of ether oxygens (including phenoxy) is 1. The molecular weight excluding hydrogens is 310 g/mol. The van der Waals surface area contributed by atoms with Gasteiger partial charge in [0, 0.05) is 0 Å². The Morgan fingerprint density at radius 2 is 1.74 bits per heavy atom. The van der Waals surface area contributed by atoms with Crippen LogP contribution in [0.4, 0.5) is 5.69 Å². The summed E-state index contributed by atoms with van der Waals surface area (Å²) in [6.45, 7) is 9.67. The molecule has 1 unspecified atom stereocenters. The molecule has 0 radical (unpaired) electrons. The van der Waals surface area contributed by atoms with Crippen LogP contribution in [0, 0.1) is 27.7 Å². The third-order valence-electron chi connectivity index (χ3n) is 3.84. The van der Waals surface area contributed by atoms with Crippen molar-refractivity contribution in [3.63, 3.8) is 0 Å². The molecule has 1 atom stereocenters. The molecule has 0 aliphatic carbocycles. The lowest BCUT2D eigenvalue weighted by atomic mass is 10.1. The summed E-state index contributed by atoms with van der Waals surface area (Å²) in [5, 5.41) is 3.39. The van der Waals surface area contributed by atoms with Gasteiger partial charge >= 0.3 is 0 Å². The topological polar surface area (TPSA) is 38.3 Å². The average molecular weight is 332 g/mol.